The molecule has 3 heterocycles. The molecule has 3 rings (SSSR count). The fourth-order valence-corrected chi connectivity index (χ4v) is 2.91. The first-order valence-corrected chi connectivity index (χ1v) is 8.99. The molecule has 0 saturated carbocycles. The van der Waals surface area contributed by atoms with E-state index < -0.39 is 0 Å². The van der Waals surface area contributed by atoms with E-state index >= 15 is 0 Å². The number of nitrogens with one attached hydrogen (secondary N) is 1. The molecule has 1 saturated heterocycles. The SMILES string of the molecule is CC(C)c1cc(C(=O)Nc2ccncc2)nc(N2CCCCCC2)n1. The number of anilines is 2. The zero-order chi connectivity index (χ0) is 17.6. The van der Waals surface area contributed by atoms with Gasteiger partial charge in [-0.3, -0.25) is 9.78 Å². The predicted octanol–water partition coefficient (Wildman–Crippen LogP) is 3.63. The lowest BCUT2D eigenvalue weighted by Crippen LogP contribution is -2.28. The average Bonchev–Trinajstić information content (AvgIpc) is 2.91. The fraction of sp³-hybridized carbons (Fsp3) is 0.474. The van der Waals surface area contributed by atoms with Crippen LogP contribution in [0.3, 0.4) is 0 Å². The van der Waals surface area contributed by atoms with Gasteiger partial charge < -0.3 is 10.2 Å². The third-order valence-electron chi connectivity index (χ3n) is 4.39. The van der Waals surface area contributed by atoms with Crippen LogP contribution >= 0.6 is 0 Å². The van der Waals surface area contributed by atoms with E-state index in [4.69, 9.17) is 4.98 Å². The Bertz CT molecular complexity index is 709. The van der Waals surface area contributed by atoms with E-state index in [9.17, 15) is 4.79 Å². The maximum atomic E-state index is 12.7. The first-order chi connectivity index (χ1) is 12.1. The smallest absolute Gasteiger partial charge is 0.274 e. The van der Waals surface area contributed by atoms with Gasteiger partial charge in [-0.05, 0) is 37.0 Å². The average molecular weight is 339 g/mol. The Morgan fingerprint density at radius 1 is 1.08 bits per heavy atom. The van der Waals surface area contributed by atoms with Gasteiger partial charge in [-0.25, -0.2) is 9.97 Å². The zero-order valence-electron chi connectivity index (χ0n) is 14.9. The van der Waals surface area contributed by atoms with Crippen LogP contribution in [0, 0.1) is 0 Å². The largest absolute Gasteiger partial charge is 0.341 e. The number of pyridine rings is 1. The lowest BCUT2D eigenvalue weighted by molar-refractivity contribution is 0.102. The highest BCUT2D eigenvalue weighted by atomic mass is 16.1. The number of hydrogen-bond acceptors (Lipinski definition) is 5. The summed E-state index contributed by atoms with van der Waals surface area (Å²) in [4.78, 5) is 28.1. The molecule has 0 spiro atoms. The Hall–Kier alpha value is -2.50. The number of carbonyl (C=O) groups excluding carboxylic acids is 1. The second-order valence-corrected chi connectivity index (χ2v) is 6.72. The molecule has 1 aliphatic heterocycles. The second-order valence-electron chi connectivity index (χ2n) is 6.72. The maximum Gasteiger partial charge on any atom is 0.274 e. The van der Waals surface area contributed by atoms with Crippen molar-refractivity contribution >= 4 is 17.5 Å². The Kier molecular flexibility index (Phi) is 5.58. The van der Waals surface area contributed by atoms with Crippen molar-refractivity contribution in [3.8, 4) is 0 Å². The molecule has 132 valence electrons. The van der Waals surface area contributed by atoms with Crippen molar-refractivity contribution in [1.29, 1.82) is 0 Å². The fourth-order valence-electron chi connectivity index (χ4n) is 2.91. The number of hydrogen-bond donors (Lipinski definition) is 1. The van der Waals surface area contributed by atoms with Gasteiger partial charge in [0.1, 0.15) is 5.69 Å². The summed E-state index contributed by atoms with van der Waals surface area (Å²) in [6, 6.07) is 5.32. The standard InChI is InChI=1S/C19H25N5O/c1-14(2)16-13-17(18(25)21-15-7-9-20-10-8-15)23-19(22-16)24-11-5-3-4-6-12-24/h7-10,13-14H,3-6,11-12H2,1-2H3,(H,20,21,25). The van der Waals surface area contributed by atoms with E-state index in [1.54, 1.807) is 30.6 Å². The van der Waals surface area contributed by atoms with Gasteiger partial charge in [-0.2, -0.15) is 0 Å². The van der Waals surface area contributed by atoms with Crippen LogP contribution in [0.1, 0.15) is 61.6 Å². The summed E-state index contributed by atoms with van der Waals surface area (Å²) in [6.07, 6.45) is 8.09. The molecular formula is C19H25N5O. The molecular weight excluding hydrogens is 314 g/mol. The van der Waals surface area contributed by atoms with Crippen molar-refractivity contribution in [2.45, 2.75) is 45.4 Å². The van der Waals surface area contributed by atoms with Gasteiger partial charge in [0, 0.05) is 36.9 Å². The predicted molar refractivity (Wildman–Crippen MR) is 99.0 cm³/mol. The van der Waals surface area contributed by atoms with E-state index in [-0.39, 0.29) is 11.8 Å². The molecule has 25 heavy (non-hydrogen) atoms. The van der Waals surface area contributed by atoms with E-state index in [2.05, 4.69) is 34.0 Å². The number of aromatic nitrogens is 3. The van der Waals surface area contributed by atoms with Gasteiger partial charge in [-0.1, -0.05) is 26.7 Å². The second kappa shape index (κ2) is 8.05. The van der Waals surface area contributed by atoms with Gasteiger partial charge in [-0.15, -0.1) is 0 Å². The Labute approximate surface area is 148 Å². The Morgan fingerprint density at radius 3 is 2.40 bits per heavy atom. The molecule has 0 atom stereocenters. The molecule has 2 aromatic heterocycles. The van der Waals surface area contributed by atoms with Crippen molar-refractivity contribution in [1.82, 2.24) is 15.0 Å². The molecule has 0 bridgehead atoms. The molecule has 0 aromatic carbocycles. The first kappa shape index (κ1) is 17.3. The van der Waals surface area contributed by atoms with Crippen molar-refractivity contribution in [3.05, 3.63) is 42.0 Å². The van der Waals surface area contributed by atoms with Crippen LogP contribution in [0.15, 0.2) is 30.6 Å². The quantitative estimate of drug-likeness (QED) is 0.921. The minimum absolute atomic E-state index is 0.216. The monoisotopic (exact) mass is 339 g/mol. The summed E-state index contributed by atoms with van der Waals surface area (Å²) in [5.41, 5.74) is 2.02. The highest BCUT2D eigenvalue weighted by molar-refractivity contribution is 6.03. The summed E-state index contributed by atoms with van der Waals surface area (Å²) in [5, 5.41) is 2.88. The van der Waals surface area contributed by atoms with E-state index in [0.717, 1.165) is 31.6 Å². The van der Waals surface area contributed by atoms with Crippen LogP contribution in [-0.4, -0.2) is 33.9 Å². The van der Waals surface area contributed by atoms with Crippen LogP contribution in [-0.2, 0) is 0 Å². The van der Waals surface area contributed by atoms with Crippen LogP contribution in [0.2, 0.25) is 0 Å². The molecule has 6 heteroatoms. The highest BCUT2D eigenvalue weighted by Gasteiger charge is 2.18. The number of carbonyl (C=O) groups is 1. The van der Waals surface area contributed by atoms with Crippen LogP contribution in [0.5, 0.6) is 0 Å². The number of nitrogens with zero attached hydrogens (tertiary/aromatic N) is 4. The van der Waals surface area contributed by atoms with E-state index in [1.807, 2.05) is 0 Å². The van der Waals surface area contributed by atoms with Crippen molar-refractivity contribution in [2.24, 2.45) is 0 Å². The molecule has 0 aliphatic carbocycles. The first-order valence-electron chi connectivity index (χ1n) is 8.99. The molecule has 1 N–H and O–H groups in total. The summed E-state index contributed by atoms with van der Waals surface area (Å²) in [6.45, 7) is 6.07. The van der Waals surface area contributed by atoms with E-state index in [0.29, 0.717) is 17.3 Å². The summed E-state index contributed by atoms with van der Waals surface area (Å²) in [5.74, 6) is 0.695. The van der Waals surface area contributed by atoms with E-state index in [1.165, 1.54) is 12.8 Å². The Morgan fingerprint density at radius 2 is 1.76 bits per heavy atom. The maximum absolute atomic E-state index is 12.7. The van der Waals surface area contributed by atoms with Crippen LogP contribution in [0.25, 0.3) is 0 Å². The lowest BCUT2D eigenvalue weighted by atomic mass is 10.1. The van der Waals surface area contributed by atoms with Gasteiger partial charge in [0.05, 0.1) is 0 Å². The molecule has 0 unspecified atom stereocenters. The van der Waals surface area contributed by atoms with Gasteiger partial charge in [0.2, 0.25) is 5.95 Å². The lowest BCUT2D eigenvalue weighted by Gasteiger charge is -2.22. The van der Waals surface area contributed by atoms with Crippen molar-refractivity contribution < 1.29 is 4.79 Å². The highest BCUT2D eigenvalue weighted by Crippen LogP contribution is 2.21. The summed E-state index contributed by atoms with van der Waals surface area (Å²) in [7, 11) is 0. The molecule has 1 fully saturated rings. The number of rotatable bonds is 4. The topological polar surface area (TPSA) is 71.0 Å². The van der Waals surface area contributed by atoms with Crippen LogP contribution in [0.4, 0.5) is 11.6 Å². The molecule has 6 nitrogen and oxygen atoms in total. The molecule has 1 aliphatic rings. The minimum atomic E-state index is -0.216. The Balaban J connectivity index is 1.88. The van der Waals surface area contributed by atoms with Gasteiger partial charge in [0.15, 0.2) is 0 Å². The minimum Gasteiger partial charge on any atom is -0.341 e. The number of amides is 1. The normalized spacial score (nSPS) is 15.1. The van der Waals surface area contributed by atoms with Crippen molar-refractivity contribution in [2.75, 3.05) is 23.3 Å². The zero-order valence-corrected chi connectivity index (χ0v) is 14.9. The molecule has 0 radical (unpaired) electrons. The third kappa shape index (κ3) is 4.53. The summed E-state index contributed by atoms with van der Waals surface area (Å²) >= 11 is 0. The van der Waals surface area contributed by atoms with Gasteiger partial charge >= 0.3 is 0 Å². The molecule has 1 amide bonds. The molecule has 2 aromatic rings. The third-order valence-corrected chi connectivity index (χ3v) is 4.39. The summed E-state index contributed by atoms with van der Waals surface area (Å²) < 4.78 is 0. The van der Waals surface area contributed by atoms with Crippen LogP contribution < -0.4 is 10.2 Å². The van der Waals surface area contributed by atoms with Gasteiger partial charge in [0.25, 0.3) is 5.91 Å². The van der Waals surface area contributed by atoms with Crippen molar-refractivity contribution in [3.63, 3.8) is 0 Å².